The smallest absolute Gasteiger partial charge is 0.360 e. The second kappa shape index (κ2) is 5.32. The lowest BCUT2D eigenvalue weighted by molar-refractivity contribution is -0.213. The number of rotatable bonds is 4. The Morgan fingerprint density at radius 2 is 1.94 bits per heavy atom. The number of benzene rings is 1. The summed E-state index contributed by atoms with van der Waals surface area (Å²) in [4.78, 5) is 11.0. The van der Waals surface area contributed by atoms with Crippen molar-refractivity contribution in [3.8, 4) is 5.75 Å². The molecule has 0 aliphatic heterocycles. The minimum atomic E-state index is -1.62. The van der Waals surface area contributed by atoms with Gasteiger partial charge in [0.05, 0.1) is 0 Å². The number of hydrogen-bond acceptors (Lipinski definition) is 4. The maximum absolute atomic E-state index is 11.0. The largest absolute Gasteiger partial charge is 0.432 e. The summed E-state index contributed by atoms with van der Waals surface area (Å²) in [7, 11) is 0. The molecule has 0 bridgehead atoms. The molecule has 0 aliphatic carbocycles. The number of carbonyl (C=O) groups excluding carboxylic acids is 1. The van der Waals surface area contributed by atoms with E-state index < -0.39 is 12.4 Å². The molecule has 0 aromatic heterocycles. The van der Waals surface area contributed by atoms with Gasteiger partial charge in [-0.3, -0.25) is 0 Å². The molecule has 4 nitrogen and oxygen atoms in total. The van der Waals surface area contributed by atoms with Crippen molar-refractivity contribution in [2.75, 3.05) is 0 Å². The lowest BCUT2D eigenvalue weighted by Crippen LogP contribution is -2.23. The van der Waals surface area contributed by atoms with Crippen molar-refractivity contribution >= 4 is 5.97 Å². The van der Waals surface area contributed by atoms with E-state index in [-0.39, 0.29) is 5.57 Å². The molecule has 0 amide bonds. The van der Waals surface area contributed by atoms with Crippen LogP contribution in [0.25, 0.3) is 0 Å². The van der Waals surface area contributed by atoms with Crippen LogP contribution in [0.5, 0.6) is 5.75 Å². The molecule has 1 atom stereocenters. The van der Waals surface area contributed by atoms with Crippen molar-refractivity contribution in [1.29, 1.82) is 0 Å². The Balaban J connectivity index is 2.51. The average Bonchev–Trinajstić information content (AvgIpc) is 2.21. The SMILES string of the molecule is C=C(C)C(=O)OC(O)Oc1ccc(C)cc1. The molecule has 0 saturated carbocycles. The van der Waals surface area contributed by atoms with Crippen molar-refractivity contribution in [2.24, 2.45) is 0 Å². The Labute approximate surface area is 94.1 Å². The van der Waals surface area contributed by atoms with Gasteiger partial charge in [0.2, 0.25) is 0 Å². The van der Waals surface area contributed by atoms with Crippen molar-refractivity contribution in [1.82, 2.24) is 0 Å². The lowest BCUT2D eigenvalue weighted by Gasteiger charge is -2.13. The molecule has 0 saturated heterocycles. The van der Waals surface area contributed by atoms with Crippen molar-refractivity contribution in [3.05, 3.63) is 42.0 Å². The standard InChI is InChI=1S/C12H14O4/c1-8(2)11(13)16-12(14)15-10-6-4-9(3)5-7-10/h4-7,12,14H,1H2,2-3H3. The van der Waals surface area contributed by atoms with Gasteiger partial charge in [-0.15, -0.1) is 0 Å². The molecular weight excluding hydrogens is 208 g/mol. The highest BCUT2D eigenvalue weighted by molar-refractivity contribution is 5.86. The fourth-order valence-corrected chi connectivity index (χ4v) is 0.949. The van der Waals surface area contributed by atoms with E-state index in [4.69, 9.17) is 4.74 Å². The van der Waals surface area contributed by atoms with Gasteiger partial charge in [-0.05, 0) is 26.0 Å². The molecule has 0 spiro atoms. The number of aryl methyl sites for hydroxylation is 1. The molecule has 1 aromatic rings. The molecule has 86 valence electrons. The summed E-state index contributed by atoms with van der Waals surface area (Å²) < 4.78 is 9.50. The molecule has 1 N–H and O–H groups in total. The van der Waals surface area contributed by atoms with Gasteiger partial charge in [0.25, 0.3) is 0 Å². The highest BCUT2D eigenvalue weighted by Gasteiger charge is 2.12. The van der Waals surface area contributed by atoms with Gasteiger partial charge < -0.3 is 14.6 Å². The maximum Gasteiger partial charge on any atom is 0.360 e. The lowest BCUT2D eigenvalue weighted by atomic mass is 10.2. The quantitative estimate of drug-likeness (QED) is 0.479. The third-order valence-corrected chi connectivity index (χ3v) is 1.81. The van der Waals surface area contributed by atoms with Crippen LogP contribution in [0.2, 0.25) is 0 Å². The second-order valence-corrected chi connectivity index (χ2v) is 3.42. The Bertz CT molecular complexity index is 381. The zero-order valence-electron chi connectivity index (χ0n) is 9.27. The molecule has 1 unspecified atom stereocenters. The Kier molecular flexibility index (Phi) is 4.08. The Hall–Kier alpha value is -1.81. The van der Waals surface area contributed by atoms with Gasteiger partial charge in [-0.2, -0.15) is 0 Å². The van der Waals surface area contributed by atoms with Gasteiger partial charge >= 0.3 is 12.4 Å². The molecule has 0 heterocycles. The van der Waals surface area contributed by atoms with E-state index in [2.05, 4.69) is 11.3 Å². The normalized spacial score (nSPS) is 11.7. The first-order valence-electron chi connectivity index (χ1n) is 4.77. The van der Waals surface area contributed by atoms with E-state index in [1.54, 1.807) is 12.1 Å². The van der Waals surface area contributed by atoms with E-state index in [0.717, 1.165) is 5.56 Å². The monoisotopic (exact) mass is 222 g/mol. The highest BCUT2D eigenvalue weighted by atomic mass is 16.8. The van der Waals surface area contributed by atoms with Gasteiger partial charge in [0, 0.05) is 5.57 Å². The first kappa shape index (κ1) is 12.3. The summed E-state index contributed by atoms with van der Waals surface area (Å²) in [6.45, 7) is 5.19. The summed E-state index contributed by atoms with van der Waals surface area (Å²) in [5.74, 6) is -0.271. The van der Waals surface area contributed by atoms with E-state index in [0.29, 0.717) is 5.75 Å². The van der Waals surface area contributed by atoms with Crippen LogP contribution in [0, 0.1) is 6.92 Å². The fraction of sp³-hybridized carbons (Fsp3) is 0.250. The van der Waals surface area contributed by atoms with E-state index in [1.165, 1.54) is 6.92 Å². The number of ether oxygens (including phenoxy) is 2. The molecule has 4 heteroatoms. The number of aliphatic hydroxyl groups is 1. The predicted molar refractivity (Wildman–Crippen MR) is 58.7 cm³/mol. The summed E-state index contributed by atoms with van der Waals surface area (Å²) in [6.07, 6.45) is 0. The third-order valence-electron chi connectivity index (χ3n) is 1.81. The first-order valence-corrected chi connectivity index (χ1v) is 4.77. The molecule has 16 heavy (non-hydrogen) atoms. The molecule has 0 fully saturated rings. The van der Waals surface area contributed by atoms with Gasteiger partial charge in [0.1, 0.15) is 5.75 Å². The van der Waals surface area contributed by atoms with Crippen LogP contribution >= 0.6 is 0 Å². The van der Waals surface area contributed by atoms with Gasteiger partial charge in [0.15, 0.2) is 0 Å². The van der Waals surface area contributed by atoms with Crippen LogP contribution in [0.15, 0.2) is 36.4 Å². The fourth-order valence-electron chi connectivity index (χ4n) is 0.949. The van der Waals surface area contributed by atoms with Crippen molar-refractivity contribution < 1.29 is 19.4 Å². The topological polar surface area (TPSA) is 55.8 Å². The number of hydrogen-bond donors (Lipinski definition) is 1. The number of aliphatic hydroxyl groups excluding tert-OH is 1. The van der Waals surface area contributed by atoms with E-state index >= 15 is 0 Å². The summed E-state index contributed by atoms with van der Waals surface area (Å²) >= 11 is 0. The average molecular weight is 222 g/mol. The zero-order chi connectivity index (χ0) is 12.1. The maximum atomic E-state index is 11.0. The zero-order valence-corrected chi connectivity index (χ0v) is 9.27. The van der Waals surface area contributed by atoms with Crippen LogP contribution in [0.1, 0.15) is 12.5 Å². The van der Waals surface area contributed by atoms with Crippen LogP contribution in [0.3, 0.4) is 0 Å². The minimum Gasteiger partial charge on any atom is -0.432 e. The van der Waals surface area contributed by atoms with Crippen LogP contribution in [-0.2, 0) is 9.53 Å². The molecule has 1 rings (SSSR count). The van der Waals surface area contributed by atoms with E-state index in [9.17, 15) is 9.90 Å². The second-order valence-electron chi connectivity index (χ2n) is 3.42. The van der Waals surface area contributed by atoms with Gasteiger partial charge in [-0.1, -0.05) is 24.3 Å². The summed E-state index contributed by atoms with van der Waals surface area (Å²) in [6, 6.07) is 6.99. The molecule has 0 aliphatic rings. The number of esters is 1. The van der Waals surface area contributed by atoms with Crippen LogP contribution < -0.4 is 4.74 Å². The number of carbonyl (C=O) groups is 1. The Morgan fingerprint density at radius 3 is 2.44 bits per heavy atom. The van der Waals surface area contributed by atoms with Crippen molar-refractivity contribution in [3.63, 3.8) is 0 Å². The highest BCUT2D eigenvalue weighted by Crippen LogP contribution is 2.13. The minimum absolute atomic E-state index is 0.201. The van der Waals surface area contributed by atoms with Crippen molar-refractivity contribution in [2.45, 2.75) is 20.3 Å². The summed E-state index contributed by atoms with van der Waals surface area (Å²) in [5, 5.41) is 9.28. The van der Waals surface area contributed by atoms with Crippen LogP contribution in [-0.4, -0.2) is 17.6 Å². The molecule has 1 aromatic carbocycles. The third kappa shape index (κ3) is 3.74. The Morgan fingerprint density at radius 1 is 1.38 bits per heavy atom. The summed E-state index contributed by atoms with van der Waals surface area (Å²) in [5.41, 5.74) is 1.27. The van der Waals surface area contributed by atoms with Gasteiger partial charge in [-0.25, -0.2) is 4.79 Å². The van der Waals surface area contributed by atoms with Crippen LogP contribution in [0.4, 0.5) is 0 Å². The predicted octanol–water partition coefficient (Wildman–Crippen LogP) is 1.77. The molecular formula is C12H14O4. The molecule has 0 radical (unpaired) electrons. The van der Waals surface area contributed by atoms with E-state index in [1.807, 2.05) is 19.1 Å². The first-order chi connectivity index (χ1) is 7.49.